The Morgan fingerprint density at radius 1 is 1.06 bits per heavy atom. The Balaban J connectivity index is 2.47. The second-order valence-electron chi connectivity index (χ2n) is 7.89. The number of aryl methyl sites for hydroxylation is 1. The maximum Gasteiger partial charge on any atom is 0.244 e. The van der Waals surface area contributed by atoms with Gasteiger partial charge in [-0.3, -0.25) is 13.9 Å². The first-order chi connectivity index (χ1) is 16.0. The number of sulfonamides is 1. The molecule has 1 atom stereocenters. The number of rotatable bonds is 11. The molecule has 1 N–H and O–H groups in total. The minimum atomic E-state index is -3.89. The van der Waals surface area contributed by atoms with Gasteiger partial charge in [0.2, 0.25) is 21.8 Å². The SMILES string of the molecule is CCNC(=O)[C@@H](C)N(Cc1ccc(C)cc1)C(=O)CN(c1cc(OC)ccc1OC)S(C)(=O)=O. The lowest BCUT2D eigenvalue weighted by Crippen LogP contribution is -2.51. The van der Waals surface area contributed by atoms with Crippen LogP contribution in [0.5, 0.6) is 11.5 Å². The van der Waals surface area contributed by atoms with E-state index in [-0.39, 0.29) is 23.9 Å². The van der Waals surface area contributed by atoms with Crippen LogP contribution in [0.25, 0.3) is 0 Å². The molecule has 0 spiro atoms. The molecule has 0 bridgehead atoms. The number of hydrogen-bond donors (Lipinski definition) is 1. The number of hydrogen-bond acceptors (Lipinski definition) is 6. The van der Waals surface area contributed by atoms with Crippen molar-refractivity contribution in [2.24, 2.45) is 0 Å². The number of nitrogens with zero attached hydrogens (tertiary/aromatic N) is 2. The summed E-state index contributed by atoms with van der Waals surface area (Å²) in [6, 6.07) is 11.5. The summed E-state index contributed by atoms with van der Waals surface area (Å²) in [6.07, 6.45) is 1.01. The third kappa shape index (κ3) is 6.86. The largest absolute Gasteiger partial charge is 0.497 e. The maximum absolute atomic E-state index is 13.5. The standard InChI is InChI=1S/C24H33N3O6S/c1-7-25-24(29)18(3)26(15-19-10-8-17(2)9-11-19)23(28)16-27(34(6,30)31)21-14-20(32-4)12-13-22(21)33-5/h8-14,18H,7,15-16H2,1-6H3,(H,25,29)/t18-/m1/s1. The van der Waals surface area contributed by atoms with Crippen LogP contribution in [0, 0.1) is 6.92 Å². The van der Waals surface area contributed by atoms with Gasteiger partial charge in [0, 0.05) is 19.2 Å². The van der Waals surface area contributed by atoms with Crippen molar-refractivity contribution in [2.75, 3.05) is 37.9 Å². The van der Waals surface area contributed by atoms with E-state index in [0.29, 0.717) is 12.3 Å². The fraction of sp³-hybridized carbons (Fsp3) is 0.417. The van der Waals surface area contributed by atoms with Gasteiger partial charge >= 0.3 is 0 Å². The van der Waals surface area contributed by atoms with E-state index in [1.807, 2.05) is 31.2 Å². The molecule has 9 nitrogen and oxygen atoms in total. The highest BCUT2D eigenvalue weighted by Gasteiger charge is 2.31. The van der Waals surface area contributed by atoms with Crippen LogP contribution in [0.2, 0.25) is 0 Å². The second kappa shape index (κ2) is 11.7. The van der Waals surface area contributed by atoms with Crippen molar-refractivity contribution >= 4 is 27.5 Å². The molecule has 0 aromatic heterocycles. The second-order valence-corrected chi connectivity index (χ2v) is 9.79. The molecule has 0 heterocycles. The molecule has 2 aromatic carbocycles. The summed E-state index contributed by atoms with van der Waals surface area (Å²) in [5.41, 5.74) is 2.05. The Morgan fingerprint density at radius 2 is 1.71 bits per heavy atom. The molecular weight excluding hydrogens is 458 g/mol. The Hall–Kier alpha value is -3.27. The van der Waals surface area contributed by atoms with Crippen LogP contribution in [0.4, 0.5) is 5.69 Å². The van der Waals surface area contributed by atoms with Gasteiger partial charge in [-0.25, -0.2) is 8.42 Å². The summed E-state index contributed by atoms with van der Waals surface area (Å²) in [7, 11) is -1.02. The minimum Gasteiger partial charge on any atom is -0.497 e. The molecule has 34 heavy (non-hydrogen) atoms. The third-order valence-corrected chi connectivity index (χ3v) is 6.45. The lowest BCUT2D eigenvalue weighted by atomic mass is 10.1. The van der Waals surface area contributed by atoms with Gasteiger partial charge in [-0.15, -0.1) is 0 Å². The molecule has 10 heteroatoms. The summed E-state index contributed by atoms with van der Waals surface area (Å²) >= 11 is 0. The van der Waals surface area contributed by atoms with E-state index < -0.39 is 28.5 Å². The van der Waals surface area contributed by atoms with E-state index in [0.717, 1.165) is 21.7 Å². The van der Waals surface area contributed by atoms with Gasteiger partial charge in [-0.05, 0) is 38.5 Å². The molecular formula is C24H33N3O6S. The van der Waals surface area contributed by atoms with E-state index in [9.17, 15) is 18.0 Å². The first-order valence-corrected chi connectivity index (χ1v) is 12.7. The van der Waals surface area contributed by atoms with Gasteiger partial charge in [0.05, 0.1) is 26.2 Å². The molecule has 0 aliphatic heterocycles. The number of methoxy groups -OCH3 is 2. The van der Waals surface area contributed by atoms with Crippen molar-refractivity contribution in [3.8, 4) is 11.5 Å². The highest BCUT2D eigenvalue weighted by atomic mass is 32.2. The van der Waals surface area contributed by atoms with Gasteiger partial charge in [0.25, 0.3) is 0 Å². The molecule has 0 unspecified atom stereocenters. The third-order valence-electron chi connectivity index (χ3n) is 5.33. The topological polar surface area (TPSA) is 105 Å². The molecule has 2 aromatic rings. The number of benzene rings is 2. The van der Waals surface area contributed by atoms with Gasteiger partial charge in [-0.2, -0.15) is 0 Å². The number of carbonyl (C=O) groups is 2. The van der Waals surface area contributed by atoms with Crippen molar-refractivity contribution in [3.63, 3.8) is 0 Å². The Morgan fingerprint density at radius 3 is 2.24 bits per heavy atom. The summed E-state index contributed by atoms with van der Waals surface area (Å²) in [5.74, 6) is -0.188. The van der Waals surface area contributed by atoms with Crippen molar-refractivity contribution in [3.05, 3.63) is 53.6 Å². The van der Waals surface area contributed by atoms with Crippen LogP contribution < -0.4 is 19.1 Å². The summed E-state index contributed by atoms with van der Waals surface area (Å²) < 4.78 is 37.0. The first kappa shape index (κ1) is 27.0. The lowest BCUT2D eigenvalue weighted by molar-refractivity contribution is -0.139. The predicted molar refractivity (Wildman–Crippen MR) is 132 cm³/mol. The van der Waals surface area contributed by atoms with Crippen molar-refractivity contribution < 1.29 is 27.5 Å². The molecule has 0 fully saturated rings. The van der Waals surface area contributed by atoms with Crippen LogP contribution in [-0.2, 0) is 26.2 Å². The van der Waals surface area contributed by atoms with Crippen LogP contribution in [-0.4, -0.2) is 64.7 Å². The van der Waals surface area contributed by atoms with Gasteiger partial charge in [0.1, 0.15) is 24.1 Å². The fourth-order valence-electron chi connectivity index (χ4n) is 3.38. The number of ether oxygens (including phenoxy) is 2. The average Bonchev–Trinajstić information content (AvgIpc) is 2.80. The van der Waals surface area contributed by atoms with Crippen molar-refractivity contribution in [2.45, 2.75) is 33.4 Å². The van der Waals surface area contributed by atoms with E-state index in [1.54, 1.807) is 26.0 Å². The van der Waals surface area contributed by atoms with E-state index in [1.165, 1.54) is 25.2 Å². The number of likely N-dealkylation sites (N-methyl/N-ethyl adjacent to an activating group) is 1. The number of amides is 2. The fourth-order valence-corrected chi connectivity index (χ4v) is 4.23. The summed E-state index contributed by atoms with van der Waals surface area (Å²) in [4.78, 5) is 27.5. The molecule has 0 saturated heterocycles. The van der Waals surface area contributed by atoms with Crippen LogP contribution in [0.1, 0.15) is 25.0 Å². The van der Waals surface area contributed by atoms with Crippen molar-refractivity contribution in [1.82, 2.24) is 10.2 Å². The highest BCUT2D eigenvalue weighted by Crippen LogP contribution is 2.34. The van der Waals surface area contributed by atoms with Crippen LogP contribution in [0.15, 0.2) is 42.5 Å². The average molecular weight is 492 g/mol. The van der Waals surface area contributed by atoms with Crippen LogP contribution in [0.3, 0.4) is 0 Å². The van der Waals surface area contributed by atoms with E-state index in [4.69, 9.17) is 9.47 Å². The Kier molecular flexibility index (Phi) is 9.31. The number of anilines is 1. The van der Waals surface area contributed by atoms with Crippen molar-refractivity contribution in [1.29, 1.82) is 0 Å². The Labute approximate surface area is 201 Å². The molecule has 0 aliphatic rings. The smallest absolute Gasteiger partial charge is 0.244 e. The van der Waals surface area contributed by atoms with Crippen LogP contribution >= 0.6 is 0 Å². The van der Waals surface area contributed by atoms with E-state index in [2.05, 4.69) is 5.32 Å². The summed E-state index contributed by atoms with van der Waals surface area (Å²) in [6.45, 7) is 5.40. The zero-order valence-corrected chi connectivity index (χ0v) is 21.3. The Bertz CT molecular complexity index is 1100. The van der Waals surface area contributed by atoms with Gasteiger partial charge < -0.3 is 19.7 Å². The number of nitrogens with one attached hydrogen (secondary N) is 1. The molecule has 0 radical (unpaired) electrons. The molecule has 0 aliphatic carbocycles. The monoisotopic (exact) mass is 491 g/mol. The van der Waals surface area contributed by atoms with Gasteiger partial charge in [-0.1, -0.05) is 29.8 Å². The lowest BCUT2D eigenvalue weighted by Gasteiger charge is -2.31. The van der Waals surface area contributed by atoms with E-state index >= 15 is 0 Å². The quantitative estimate of drug-likeness (QED) is 0.517. The highest BCUT2D eigenvalue weighted by molar-refractivity contribution is 7.92. The summed E-state index contributed by atoms with van der Waals surface area (Å²) in [5, 5.41) is 2.72. The first-order valence-electron chi connectivity index (χ1n) is 10.8. The zero-order chi connectivity index (χ0) is 25.5. The molecule has 0 saturated carbocycles. The zero-order valence-electron chi connectivity index (χ0n) is 20.5. The molecule has 186 valence electrons. The predicted octanol–water partition coefficient (Wildman–Crippen LogP) is 2.33. The number of carbonyl (C=O) groups excluding carboxylic acids is 2. The minimum absolute atomic E-state index is 0.143. The normalized spacial score (nSPS) is 11.9. The van der Waals surface area contributed by atoms with Gasteiger partial charge in [0.15, 0.2) is 0 Å². The maximum atomic E-state index is 13.5. The molecule has 2 rings (SSSR count). The molecule has 2 amide bonds.